The molecule has 22 heavy (non-hydrogen) atoms. The maximum atomic E-state index is 11.6. The van der Waals surface area contributed by atoms with Crippen molar-refractivity contribution in [3.8, 4) is 0 Å². The fourth-order valence-electron chi connectivity index (χ4n) is 4.02. The summed E-state index contributed by atoms with van der Waals surface area (Å²) in [4.78, 5) is 15.9. The van der Waals surface area contributed by atoms with Crippen LogP contribution in [0.25, 0.3) is 0 Å². The molecule has 0 unspecified atom stereocenters. The molecule has 3 heterocycles. The number of ether oxygens (including phenoxy) is 1. The van der Waals surface area contributed by atoms with Gasteiger partial charge in [-0.3, -0.25) is 4.79 Å². The van der Waals surface area contributed by atoms with Crippen molar-refractivity contribution < 1.29 is 19.7 Å². The van der Waals surface area contributed by atoms with Gasteiger partial charge >= 0.3 is 0 Å². The summed E-state index contributed by atoms with van der Waals surface area (Å²) in [6.45, 7) is 6.46. The van der Waals surface area contributed by atoms with Crippen molar-refractivity contribution in [1.82, 2.24) is 9.80 Å². The molecule has 6 nitrogen and oxygen atoms in total. The summed E-state index contributed by atoms with van der Waals surface area (Å²) >= 11 is 0. The number of carbonyl (C=O) groups is 1. The zero-order valence-electron chi connectivity index (χ0n) is 13.5. The van der Waals surface area contributed by atoms with E-state index in [1.165, 1.54) is 0 Å². The maximum absolute atomic E-state index is 11.6. The Balaban J connectivity index is 1.50. The topological polar surface area (TPSA) is 73.2 Å². The van der Waals surface area contributed by atoms with E-state index in [0.29, 0.717) is 19.4 Å². The van der Waals surface area contributed by atoms with Gasteiger partial charge < -0.3 is 24.7 Å². The molecule has 3 aliphatic heterocycles. The first-order valence-corrected chi connectivity index (χ1v) is 8.48. The highest BCUT2D eigenvalue weighted by Crippen LogP contribution is 2.39. The van der Waals surface area contributed by atoms with Gasteiger partial charge in [-0.15, -0.1) is 0 Å². The lowest BCUT2D eigenvalue weighted by Gasteiger charge is -2.51. The quantitative estimate of drug-likeness (QED) is 0.766. The van der Waals surface area contributed by atoms with Gasteiger partial charge in [0.05, 0.1) is 17.8 Å². The Labute approximate surface area is 132 Å². The minimum absolute atomic E-state index is 0.274. The third kappa shape index (κ3) is 3.02. The van der Waals surface area contributed by atoms with Crippen molar-refractivity contribution in [2.75, 3.05) is 39.3 Å². The molecule has 0 aromatic rings. The Kier molecular flexibility index (Phi) is 4.47. The number of hydrogen-bond acceptors (Lipinski definition) is 5. The Morgan fingerprint density at radius 3 is 2.59 bits per heavy atom. The Morgan fingerprint density at radius 2 is 1.95 bits per heavy atom. The summed E-state index contributed by atoms with van der Waals surface area (Å²) in [6, 6.07) is 0. The van der Waals surface area contributed by atoms with Gasteiger partial charge in [-0.1, -0.05) is 0 Å². The van der Waals surface area contributed by atoms with Crippen molar-refractivity contribution in [2.45, 2.75) is 56.3 Å². The normalized spacial score (nSPS) is 36.2. The van der Waals surface area contributed by atoms with E-state index in [1.54, 1.807) is 6.92 Å². The fraction of sp³-hybridized carbons (Fsp3) is 0.938. The largest absolute Gasteiger partial charge is 0.387 e. The van der Waals surface area contributed by atoms with Gasteiger partial charge in [-0.25, -0.2) is 0 Å². The molecular weight excluding hydrogens is 284 g/mol. The monoisotopic (exact) mass is 312 g/mol. The van der Waals surface area contributed by atoms with Crippen LogP contribution >= 0.6 is 0 Å². The lowest BCUT2D eigenvalue weighted by molar-refractivity contribution is -0.246. The number of hydrogen-bond donors (Lipinski definition) is 2. The van der Waals surface area contributed by atoms with E-state index >= 15 is 0 Å². The van der Waals surface area contributed by atoms with E-state index in [-0.39, 0.29) is 5.91 Å². The summed E-state index contributed by atoms with van der Waals surface area (Å²) in [5.74, 6) is 0.274. The van der Waals surface area contributed by atoms with Crippen LogP contribution in [0.2, 0.25) is 0 Å². The molecule has 3 fully saturated rings. The number of nitrogens with zero attached hydrogens (tertiary/aromatic N) is 2. The van der Waals surface area contributed by atoms with Gasteiger partial charge in [0, 0.05) is 45.6 Å². The summed E-state index contributed by atoms with van der Waals surface area (Å²) < 4.78 is 5.90. The van der Waals surface area contributed by atoms with Gasteiger partial charge in [0.1, 0.15) is 6.10 Å². The molecule has 1 spiro atoms. The second-order valence-electron chi connectivity index (χ2n) is 7.25. The molecule has 0 aromatic heterocycles. The summed E-state index contributed by atoms with van der Waals surface area (Å²) in [5.41, 5.74) is -1.65. The highest BCUT2D eigenvalue weighted by molar-refractivity contribution is 5.78. The molecular formula is C16H28N2O4. The number of aliphatic hydroxyl groups excluding tert-OH is 1. The molecule has 0 bridgehead atoms. The Bertz CT molecular complexity index is 418. The van der Waals surface area contributed by atoms with Crippen LogP contribution in [0.5, 0.6) is 0 Å². The predicted octanol–water partition coefficient (Wildman–Crippen LogP) is -0.0244. The van der Waals surface area contributed by atoms with E-state index in [9.17, 15) is 15.0 Å². The molecule has 6 heteroatoms. The SMILES string of the molecule is C[C@@]1(O)CCOC2(CCN(CCN3CCCC3=O)CC2)[C@H]1O. The van der Waals surface area contributed by atoms with Crippen LogP contribution in [0, 0.1) is 0 Å². The van der Waals surface area contributed by atoms with Crippen LogP contribution in [-0.2, 0) is 9.53 Å². The second kappa shape index (κ2) is 6.07. The lowest BCUT2D eigenvalue weighted by Crippen LogP contribution is -2.64. The molecule has 2 N–H and O–H groups in total. The molecule has 0 saturated carbocycles. The maximum Gasteiger partial charge on any atom is 0.222 e. The van der Waals surface area contributed by atoms with Gasteiger partial charge in [0.2, 0.25) is 5.91 Å². The van der Waals surface area contributed by atoms with Crippen LogP contribution in [0.1, 0.15) is 39.0 Å². The summed E-state index contributed by atoms with van der Waals surface area (Å²) in [6.07, 6.45) is 2.80. The van der Waals surface area contributed by atoms with Crippen molar-refractivity contribution >= 4 is 5.91 Å². The average Bonchev–Trinajstić information content (AvgIpc) is 2.90. The lowest BCUT2D eigenvalue weighted by atomic mass is 9.75. The zero-order valence-corrected chi connectivity index (χ0v) is 13.5. The minimum Gasteiger partial charge on any atom is -0.387 e. The standard InChI is InChI=1S/C16H28N2O4/c1-15(21)6-12-22-16(14(15)20)4-8-17(9-5-16)10-11-18-7-2-3-13(18)19/h14,20-21H,2-12H2,1H3/t14-,15+/m0/s1. The van der Waals surface area contributed by atoms with Gasteiger partial charge in [0.25, 0.3) is 0 Å². The van der Waals surface area contributed by atoms with Crippen molar-refractivity contribution in [1.29, 1.82) is 0 Å². The van der Waals surface area contributed by atoms with Crippen LogP contribution in [0.4, 0.5) is 0 Å². The summed E-state index contributed by atoms with van der Waals surface area (Å²) in [7, 11) is 0. The van der Waals surface area contributed by atoms with Crippen molar-refractivity contribution in [2.24, 2.45) is 0 Å². The van der Waals surface area contributed by atoms with Gasteiger partial charge in [-0.2, -0.15) is 0 Å². The van der Waals surface area contributed by atoms with Gasteiger partial charge in [0.15, 0.2) is 0 Å². The van der Waals surface area contributed by atoms with Crippen molar-refractivity contribution in [3.05, 3.63) is 0 Å². The minimum atomic E-state index is -1.05. The molecule has 3 saturated heterocycles. The molecule has 3 rings (SSSR count). The number of rotatable bonds is 3. The number of aliphatic hydroxyl groups is 2. The molecule has 126 valence electrons. The second-order valence-corrected chi connectivity index (χ2v) is 7.25. The van der Waals surface area contributed by atoms with Crippen LogP contribution in [-0.4, -0.2) is 82.6 Å². The van der Waals surface area contributed by atoms with E-state index in [4.69, 9.17) is 4.74 Å². The molecule has 0 aliphatic carbocycles. The van der Waals surface area contributed by atoms with E-state index < -0.39 is 17.3 Å². The van der Waals surface area contributed by atoms with E-state index in [2.05, 4.69) is 4.90 Å². The molecule has 3 aliphatic rings. The number of likely N-dealkylation sites (tertiary alicyclic amines) is 2. The van der Waals surface area contributed by atoms with Gasteiger partial charge in [-0.05, 0) is 26.2 Å². The molecule has 2 atom stereocenters. The van der Waals surface area contributed by atoms with Crippen LogP contribution in [0.3, 0.4) is 0 Å². The first kappa shape index (κ1) is 16.2. The smallest absolute Gasteiger partial charge is 0.222 e. The number of piperidine rings is 1. The number of carbonyl (C=O) groups excluding carboxylic acids is 1. The van der Waals surface area contributed by atoms with E-state index in [1.807, 2.05) is 4.90 Å². The number of amides is 1. The molecule has 0 radical (unpaired) electrons. The third-order valence-corrected chi connectivity index (χ3v) is 5.65. The Hall–Kier alpha value is -0.690. The fourth-order valence-corrected chi connectivity index (χ4v) is 4.02. The van der Waals surface area contributed by atoms with Crippen molar-refractivity contribution in [3.63, 3.8) is 0 Å². The first-order chi connectivity index (χ1) is 10.4. The highest BCUT2D eigenvalue weighted by Gasteiger charge is 2.52. The molecule has 0 aromatic carbocycles. The van der Waals surface area contributed by atoms with E-state index in [0.717, 1.165) is 52.0 Å². The average molecular weight is 312 g/mol. The highest BCUT2D eigenvalue weighted by atomic mass is 16.5. The predicted molar refractivity (Wildman–Crippen MR) is 81.4 cm³/mol. The van der Waals surface area contributed by atoms with Crippen LogP contribution in [0.15, 0.2) is 0 Å². The Morgan fingerprint density at radius 1 is 1.23 bits per heavy atom. The van der Waals surface area contributed by atoms with Crippen LogP contribution < -0.4 is 0 Å². The zero-order chi connectivity index (χ0) is 15.8. The molecule has 1 amide bonds. The third-order valence-electron chi connectivity index (χ3n) is 5.65. The summed E-state index contributed by atoms with van der Waals surface area (Å²) in [5, 5.41) is 20.8. The first-order valence-electron chi connectivity index (χ1n) is 8.48.